The van der Waals surface area contributed by atoms with Crippen LogP contribution in [0, 0.1) is 11.3 Å². The van der Waals surface area contributed by atoms with Crippen molar-refractivity contribution < 1.29 is 14.6 Å². The molecule has 2 bridgehead atoms. The second-order valence-corrected chi connectivity index (χ2v) is 7.89. The number of esters is 1. The monoisotopic (exact) mass is 352 g/mol. The van der Waals surface area contributed by atoms with Crippen molar-refractivity contribution in [3.8, 4) is 0 Å². The number of fused-ring (bicyclic) bond motifs is 2. The molecular formula is C21H24N2O3. The molecule has 3 fully saturated rings. The molecule has 2 saturated heterocycles. The number of aliphatic hydroxyl groups excluding tert-OH is 1. The van der Waals surface area contributed by atoms with Crippen LogP contribution in [0.5, 0.6) is 0 Å². The fourth-order valence-corrected chi connectivity index (χ4v) is 6.34. The van der Waals surface area contributed by atoms with Crippen LogP contribution in [0.2, 0.25) is 0 Å². The number of aliphatic imine (C=N–C) groups is 1. The summed E-state index contributed by atoms with van der Waals surface area (Å²) in [5.41, 5.74) is 2.83. The molecule has 136 valence electrons. The topological polar surface area (TPSA) is 62.1 Å². The van der Waals surface area contributed by atoms with Crippen molar-refractivity contribution in [2.24, 2.45) is 16.3 Å². The molecule has 1 aliphatic carbocycles. The van der Waals surface area contributed by atoms with Crippen molar-refractivity contribution in [2.45, 2.75) is 31.2 Å². The van der Waals surface area contributed by atoms with Crippen LogP contribution in [-0.4, -0.2) is 54.5 Å². The predicted octanol–water partition coefficient (Wildman–Crippen LogP) is 2.22. The van der Waals surface area contributed by atoms with Gasteiger partial charge < -0.3 is 9.84 Å². The van der Waals surface area contributed by atoms with Crippen molar-refractivity contribution in [1.29, 1.82) is 0 Å². The number of hydrogen-bond acceptors (Lipinski definition) is 5. The number of benzene rings is 1. The molecule has 4 aliphatic rings. The maximum absolute atomic E-state index is 13.1. The number of carbonyl (C=O) groups is 1. The maximum Gasteiger partial charge on any atom is 0.320 e. The number of allylic oxidation sites excluding steroid dienone is 1. The second-order valence-electron chi connectivity index (χ2n) is 7.89. The number of rotatable bonds is 2. The molecule has 0 radical (unpaired) electrons. The second kappa shape index (κ2) is 5.27. The minimum Gasteiger partial charge on any atom is -0.468 e. The molecule has 5 nitrogen and oxygen atoms in total. The van der Waals surface area contributed by atoms with E-state index in [1.54, 1.807) is 0 Å². The molecule has 1 spiro atoms. The van der Waals surface area contributed by atoms with E-state index in [9.17, 15) is 9.90 Å². The highest BCUT2D eigenvalue weighted by Gasteiger charge is 2.71. The van der Waals surface area contributed by atoms with E-state index in [4.69, 9.17) is 9.73 Å². The van der Waals surface area contributed by atoms with Gasteiger partial charge in [0.1, 0.15) is 5.41 Å². The summed E-state index contributed by atoms with van der Waals surface area (Å²) in [5.74, 6) is -0.403. The van der Waals surface area contributed by atoms with Gasteiger partial charge in [-0.3, -0.25) is 14.7 Å². The Kier molecular flexibility index (Phi) is 3.29. The lowest BCUT2D eigenvalue weighted by molar-refractivity contribution is -0.154. The highest BCUT2D eigenvalue weighted by Crippen LogP contribution is 2.64. The van der Waals surface area contributed by atoms with Crippen LogP contribution in [0.25, 0.3) is 0 Å². The Hall–Kier alpha value is -1.98. The first kappa shape index (κ1) is 16.2. The first-order valence-electron chi connectivity index (χ1n) is 9.43. The number of hydrogen-bond donors (Lipinski definition) is 1. The van der Waals surface area contributed by atoms with Crippen LogP contribution < -0.4 is 0 Å². The fourth-order valence-electron chi connectivity index (χ4n) is 6.34. The molecule has 3 heterocycles. The average Bonchev–Trinajstić information content (AvgIpc) is 3.24. The third-order valence-electron chi connectivity index (χ3n) is 7.24. The van der Waals surface area contributed by atoms with E-state index in [2.05, 4.69) is 30.0 Å². The number of piperidine rings is 1. The van der Waals surface area contributed by atoms with Crippen LogP contribution in [0.4, 0.5) is 5.69 Å². The molecule has 1 aromatic rings. The molecule has 1 N–H and O–H groups in total. The van der Waals surface area contributed by atoms with Crippen molar-refractivity contribution >= 4 is 17.4 Å². The van der Waals surface area contributed by atoms with Crippen LogP contribution in [-0.2, 0) is 14.9 Å². The van der Waals surface area contributed by atoms with E-state index in [0.29, 0.717) is 0 Å². The van der Waals surface area contributed by atoms with E-state index in [1.165, 1.54) is 18.2 Å². The zero-order valence-electron chi connectivity index (χ0n) is 15.2. The first-order valence-corrected chi connectivity index (χ1v) is 9.43. The molecule has 1 saturated carbocycles. The Morgan fingerprint density at radius 1 is 1.42 bits per heavy atom. The van der Waals surface area contributed by atoms with E-state index < -0.39 is 5.41 Å². The lowest BCUT2D eigenvalue weighted by atomic mass is 9.49. The molecule has 0 amide bonds. The number of aliphatic hydroxyl groups is 1. The summed E-state index contributed by atoms with van der Waals surface area (Å²) in [7, 11) is 1.42. The van der Waals surface area contributed by atoms with E-state index >= 15 is 0 Å². The van der Waals surface area contributed by atoms with Gasteiger partial charge in [0.15, 0.2) is 0 Å². The molecule has 5 rings (SSSR count). The summed E-state index contributed by atoms with van der Waals surface area (Å²) < 4.78 is 5.26. The number of carbonyl (C=O) groups excluding carboxylic acids is 1. The zero-order valence-corrected chi connectivity index (χ0v) is 15.2. The number of methoxy groups -OCH3 is 1. The largest absolute Gasteiger partial charge is 0.468 e. The van der Waals surface area contributed by atoms with Crippen LogP contribution >= 0.6 is 0 Å². The molecule has 26 heavy (non-hydrogen) atoms. The lowest BCUT2D eigenvalue weighted by Gasteiger charge is -2.56. The molecule has 3 aliphatic heterocycles. The third-order valence-corrected chi connectivity index (χ3v) is 7.24. The van der Waals surface area contributed by atoms with Gasteiger partial charge in [-0.1, -0.05) is 29.8 Å². The Bertz CT molecular complexity index is 861. The number of ether oxygens (including phenoxy) is 1. The smallest absolute Gasteiger partial charge is 0.320 e. The van der Waals surface area contributed by atoms with Crippen molar-refractivity contribution in [3.63, 3.8) is 0 Å². The van der Waals surface area contributed by atoms with E-state index in [-0.39, 0.29) is 30.0 Å². The van der Waals surface area contributed by atoms with Gasteiger partial charge in [0.25, 0.3) is 0 Å². The minimum atomic E-state index is -1.08. The van der Waals surface area contributed by atoms with Gasteiger partial charge in [-0.15, -0.1) is 0 Å². The average molecular weight is 352 g/mol. The van der Waals surface area contributed by atoms with Crippen molar-refractivity contribution in [3.05, 3.63) is 41.5 Å². The molecule has 4 atom stereocenters. The van der Waals surface area contributed by atoms with Crippen LogP contribution in [0.1, 0.15) is 25.3 Å². The number of nitrogens with zero attached hydrogens (tertiary/aromatic N) is 2. The molecule has 0 aromatic heterocycles. The molecular weight excluding hydrogens is 328 g/mol. The van der Waals surface area contributed by atoms with Gasteiger partial charge in [-0.25, -0.2) is 0 Å². The standard InChI is InChI=1S/C21H24N2O3/c1-3-13-14-8-10-23-11-9-20(17(13)23)15-6-4-5-7-16(15)22-18(20)21(14,12-24)19(25)26-2/h3-7,14,17,24H,8-12H2,1-2H3/b13-3-. The van der Waals surface area contributed by atoms with E-state index in [0.717, 1.165) is 37.3 Å². The van der Waals surface area contributed by atoms with Crippen molar-refractivity contribution in [1.82, 2.24) is 4.90 Å². The predicted molar refractivity (Wildman–Crippen MR) is 98.6 cm³/mol. The number of para-hydroxylation sites is 1. The minimum absolute atomic E-state index is 0.0505. The summed E-state index contributed by atoms with van der Waals surface area (Å²) >= 11 is 0. The highest BCUT2D eigenvalue weighted by atomic mass is 16.5. The van der Waals surface area contributed by atoms with Gasteiger partial charge in [0.2, 0.25) is 0 Å². The molecule has 4 unspecified atom stereocenters. The molecule has 1 aromatic carbocycles. The van der Waals surface area contributed by atoms with Crippen molar-refractivity contribution in [2.75, 3.05) is 26.8 Å². The Morgan fingerprint density at radius 3 is 2.96 bits per heavy atom. The maximum atomic E-state index is 13.1. The normalized spacial score (nSPS) is 38.7. The summed E-state index contributed by atoms with van der Waals surface area (Å²) in [5, 5.41) is 10.6. The Labute approximate surface area is 153 Å². The highest BCUT2D eigenvalue weighted by molar-refractivity contribution is 6.18. The Morgan fingerprint density at radius 2 is 2.23 bits per heavy atom. The van der Waals surface area contributed by atoms with Gasteiger partial charge in [-0.05, 0) is 37.9 Å². The van der Waals surface area contributed by atoms with Crippen LogP contribution in [0.15, 0.2) is 40.9 Å². The first-order chi connectivity index (χ1) is 12.6. The van der Waals surface area contributed by atoms with Gasteiger partial charge in [-0.2, -0.15) is 0 Å². The lowest BCUT2D eigenvalue weighted by Crippen LogP contribution is -2.67. The van der Waals surface area contributed by atoms with Gasteiger partial charge in [0, 0.05) is 18.5 Å². The third kappa shape index (κ3) is 1.56. The summed E-state index contributed by atoms with van der Waals surface area (Å²) in [6, 6.07) is 8.45. The van der Waals surface area contributed by atoms with Crippen LogP contribution in [0.3, 0.4) is 0 Å². The zero-order chi connectivity index (χ0) is 18.1. The summed E-state index contributed by atoms with van der Waals surface area (Å²) in [4.78, 5) is 20.7. The SMILES string of the molecule is C/C=C1/C2CCN3CCC4(C(=Nc5ccccc54)C2(CO)C(=O)OC)C13. The van der Waals surface area contributed by atoms with Gasteiger partial charge >= 0.3 is 5.97 Å². The Balaban J connectivity index is 1.87. The molecule has 5 heteroatoms. The summed E-state index contributed by atoms with van der Waals surface area (Å²) in [6.07, 6.45) is 3.94. The fraction of sp³-hybridized carbons (Fsp3) is 0.524. The van der Waals surface area contributed by atoms with Gasteiger partial charge in [0.05, 0.1) is 30.5 Å². The van der Waals surface area contributed by atoms with E-state index in [1.807, 2.05) is 12.1 Å². The summed E-state index contributed by atoms with van der Waals surface area (Å²) in [6.45, 7) is 3.73. The quantitative estimate of drug-likeness (QED) is 0.655.